The minimum Gasteiger partial charge on any atom is -0.455 e. The number of para-hydroxylation sites is 1. The quantitative estimate of drug-likeness (QED) is 0.645. The number of hydrogen-bond acceptors (Lipinski definition) is 6. The van der Waals surface area contributed by atoms with Crippen LogP contribution in [-0.2, 0) is 20.7 Å². The van der Waals surface area contributed by atoms with E-state index in [1.165, 1.54) is 6.33 Å². The molecule has 0 spiro atoms. The summed E-state index contributed by atoms with van der Waals surface area (Å²) in [6, 6.07) is 5.88. The van der Waals surface area contributed by atoms with Crippen LogP contribution in [0, 0.1) is 20.8 Å². The first-order valence-corrected chi connectivity index (χ1v) is 9.48. The minimum atomic E-state index is -0.499. The molecule has 0 bridgehead atoms. The average molecular weight is 395 g/mol. The van der Waals surface area contributed by atoms with E-state index in [2.05, 4.69) is 34.2 Å². The molecule has 0 atom stereocenters. The van der Waals surface area contributed by atoms with Gasteiger partial charge in [-0.15, -0.1) is 0 Å². The lowest BCUT2D eigenvalue weighted by Gasteiger charge is -2.16. The Bertz CT molecular complexity index is 1070. The van der Waals surface area contributed by atoms with Crippen LogP contribution in [-0.4, -0.2) is 38.1 Å². The molecule has 0 saturated heterocycles. The Hall–Kier alpha value is -3.29. The Morgan fingerprint density at radius 1 is 1.21 bits per heavy atom. The van der Waals surface area contributed by atoms with Gasteiger partial charge in [-0.3, -0.25) is 9.59 Å². The van der Waals surface area contributed by atoms with Gasteiger partial charge in [0, 0.05) is 22.6 Å². The molecule has 3 aromatic rings. The maximum Gasteiger partial charge on any atom is 0.310 e. The van der Waals surface area contributed by atoms with Crippen LogP contribution in [0.4, 0.5) is 5.69 Å². The molecule has 0 radical (unpaired) electrons. The number of esters is 1. The lowest BCUT2D eigenvalue weighted by atomic mass is 9.98. The van der Waals surface area contributed by atoms with E-state index in [1.54, 1.807) is 4.52 Å². The zero-order chi connectivity index (χ0) is 21.1. The Kier molecular flexibility index (Phi) is 5.91. The standard InChI is InChI=1S/C21H25N5O3/c1-12(2)16-8-6-7-13(3)20(16)25-18(27)10-29-19(28)9-17-14(4)24-21-22-11-23-26(21)15(17)5/h6-8,11-12H,9-10H2,1-5H3,(H,25,27). The van der Waals surface area contributed by atoms with Crippen LogP contribution in [0.3, 0.4) is 0 Å². The van der Waals surface area contributed by atoms with Crippen LogP contribution in [0.15, 0.2) is 24.5 Å². The fourth-order valence-electron chi connectivity index (χ4n) is 3.27. The van der Waals surface area contributed by atoms with E-state index in [0.717, 1.165) is 28.1 Å². The molecule has 3 rings (SSSR count). The first kappa shape index (κ1) is 20.4. The Labute approximate surface area is 169 Å². The summed E-state index contributed by atoms with van der Waals surface area (Å²) in [5, 5.41) is 6.98. The summed E-state index contributed by atoms with van der Waals surface area (Å²) in [4.78, 5) is 33.1. The van der Waals surface area contributed by atoms with Crippen molar-refractivity contribution in [1.29, 1.82) is 0 Å². The molecule has 1 aromatic carbocycles. The molecule has 8 heteroatoms. The van der Waals surface area contributed by atoms with Gasteiger partial charge in [-0.25, -0.2) is 9.50 Å². The number of carbonyl (C=O) groups excluding carboxylic acids is 2. The molecule has 1 N–H and O–H groups in total. The minimum absolute atomic E-state index is 0.00928. The number of fused-ring (bicyclic) bond motifs is 1. The molecule has 152 valence electrons. The van der Waals surface area contributed by atoms with Crippen molar-refractivity contribution < 1.29 is 14.3 Å². The highest BCUT2D eigenvalue weighted by atomic mass is 16.5. The van der Waals surface area contributed by atoms with E-state index in [1.807, 2.05) is 39.0 Å². The molecule has 0 aliphatic carbocycles. The number of amides is 1. The van der Waals surface area contributed by atoms with Crippen molar-refractivity contribution in [2.45, 2.75) is 47.0 Å². The van der Waals surface area contributed by atoms with Gasteiger partial charge in [-0.1, -0.05) is 32.0 Å². The van der Waals surface area contributed by atoms with Crippen LogP contribution in [0.5, 0.6) is 0 Å². The Morgan fingerprint density at radius 3 is 2.69 bits per heavy atom. The molecular formula is C21H25N5O3. The van der Waals surface area contributed by atoms with Gasteiger partial charge in [0.05, 0.1) is 6.42 Å². The van der Waals surface area contributed by atoms with Gasteiger partial charge in [-0.05, 0) is 37.8 Å². The number of carbonyl (C=O) groups is 2. The predicted molar refractivity (Wildman–Crippen MR) is 109 cm³/mol. The summed E-state index contributed by atoms with van der Waals surface area (Å²) in [5.41, 5.74) is 4.96. The van der Waals surface area contributed by atoms with Crippen molar-refractivity contribution in [3.8, 4) is 0 Å². The highest BCUT2D eigenvalue weighted by Gasteiger charge is 2.17. The summed E-state index contributed by atoms with van der Waals surface area (Å²) in [5.74, 6) is -0.122. The molecule has 0 unspecified atom stereocenters. The van der Waals surface area contributed by atoms with Gasteiger partial charge in [-0.2, -0.15) is 10.1 Å². The van der Waals surface area contributed by atoms with Crippen LogP contribution in [0.25, 0.3) is 5.78 Å². The largest absolute Gasteiger partial charge is 0.455 e. The van der Waals surface area contributed by atoms with Crippen LogP contribution in [0.2, 0.25) is 0 Å². The number of hydrogen-bond donors (Lipinski definition) is 1. The van der Waals surface area contributed by atoms with Gasteiger partial charge in [0.1, 0.15) is 6.33 Å². The molecule has 2 heterocycles. The molecule has 0 saturated carbocycles. The van der Waals surface area contributed by atoms with Gasteiger partial charge in [0.15, 0.2) is 6.61 Å². The molecule has 8 nitrogen and oxygen atoms in total. The van der Waals surface area contributed by atoms with E-state index in [-0.39, 0.29) is 24.9 Å². The topological polar surface area (TPSA) is 98.5 Å². The van der Waals surface area contributed by atoms with Crippen molar-refractivity contribution >= 4 is 23.3 Å². The van der Waals surface area contributed by atoms with Crippen LogP contribution in [0.1, 0.15) is 47.8 Å². The molecular weight excluding hydrogens is 370 g/mol. The summed E-state index contributed by atoms with van der Waals surface area (Å²) >= 11 is 0. The number of nitrogens with zero attached hydrogens (tertiary/aromatic N) is 4. The predicted octanol–water partition coefficient (Wildman–Crippen LogP) is 2.90. The summed E-state index contributed by atoms with van der Waals surface area (Å²) in [6.45, 7) is 9.37. The van der Waals surface area contributed by atoms with Crippen molar-refractivity contribution in [2.75, 3.05) is 11.9 Å². The third-order valence-corrected chi connectivity index (χ3v) is 4.87. The van der Waals surface area contributed by atoms with Crippen LogP contribution >= 0.6 is 0 Å². The monoisotopic (exact) mass is 395 g/mol. The summed E-state index contributed by atoms with van der Waals surface area (Å²) in [7, 11) is 0. The molecule has 0 aliphatic rings. The van der Waals surface area contributed by atoms with Gasteiger partial charge in [0.2, 0.25) is 0 Å². The number of ether oxygens (including phenoxy) is 1. The van der Waals surface area contributed by atoms with E-state index < -0.39 is 5.97 Å². The van der Waals surface area contributed by atoms with Crippen molar-refractivity contribution in [1.82, 2.24) is 19.6 Å². The third-order valence-electron chi connectivity index (χ3n) is 4.87. The second-order valence-corrected chi connectivity index (χ2v) is 7.31. The Morgan fingerprint density at radius 2 is 1.97 bits per heavy atom. The number of nitrogens with one attached hydrogen (secondary N) is 1. The molecule has 0 aliphatic heterocycles. The zero-order valence-electron chi connectivity index (χ0n) is 17.3. The van der Waals surface area contributed by atoms with Gasteiger partial charge < -0.3 is 10.1 Å². The number of aryl methyl sites for hydroxylation is 3. The second-order valence-electron chi connectivity index (χ2n) is 7.31. The molecule has 1 amide bonds. The lowest BCUT2D eigenvalue weighted by molar-refractivity contribution is -0.146. The van der Waals surface area contributed by atoms with E-state index in [9.17, 15) is 9.59 Å². The maximum atomic E-state index is 12.3. The van der Waals surface area contributed by atoms with Crippen LogP contribution < -0.4 is 5.32 Å². The van der Waals surface area contributed by atoms with Crippen molar-refractivity contribution in [3.05, 3.63) is 52.6 Å². The number of rotatable bonds is 6. The third kappa shape index (κ3) is 4.42. The first-order chi connectivity index (χ1) is 13.8. The molecule has 2 aromatic heterocycles. The zero-order valence-corrected chi connectivity index (χ0v) is 17.3. The number of anilines is 1. The van der Waals surface area contributed by atoms with Gasteiger partial charge in [0.25, 0.3) is 11.7 Å². The lowest BCUT2D eigenvalue weighted by Crippen LogP contribution is -2.23. The number of aromatic nitrogens is 4. The fraction of sp³-hybridized carbons (Fsp3) is 0.381. The highest BCUT2D eigenvalue weighted by Crippen LogP contribution is 2.27. The van der Waals surface area contributed by atoms with E-state index >= 15 is 0 Å². The molecule has 29 heavy (non-hydrogen) atoms. The smallest absolute Gasteiger partial charge is 0.310 e. The Balaban J connectivity index is 1.64. The van der Waals surface area contributed by atoms with E-state index in [0.29, 0.717) is 11.5 Å². The van der Waals surface area contributed by atoms with E-state index in [4.69, 9.17) is 4.74 Å². The SMILES string of the molecule is Cc1cccc(C(C)C)c1NC(=O)COC(=O)Cc1c(C)nc2ncnn2c1C. The average Bonchev–Trinajstić information content (AvgIpc) is 3.13. The molecule has 0 fully saturated rings. The fourth-order valence-corrected chi connectivity index (χ4v) is 3.27. The normalized spacial score (nSPS) is 11.1. The first-order valence-electron chi connectivity index (χ1n) is 9.48. The van der Waals surface area contributed by atoms with Crippen molar-refractivity contribution in [3.63, 3.8) is 0 Å². The highest BCUT2D eigenvalue weighted by molar-refractivity contribution is 5.94. The summed E-state index contributed by atoms with van der Waals surface area (Å²) < 4.78 is 6.78. The maximum absolute atomic E-state index is 12.3. The summed E-state index contributed by atoms with van der Waals surface area (Å²) in [6.07, 6.45) is 1.42. The second kappa shape index (κ2) is 8.38. The van der Waals surface area contributed by atoms with Crippen molar-refractivity contribution in [2.24, 2.45) is 0 Å². The number of benzene rings is 1. The van der Waals surface area contributed by atoms with Gasteiger partial charge >= 0.3 is 5.97 Å².